The molecule has 0 saturated heterocycles. The van der Waals surface area contributed by atoms with Crippen LogP contribution < -0.4 is 0 Å². The molecular weight excluding hydrogens is 108 g/mol. The monoisotopic (exact) mass is 110 g/mol. The molecule has 34 valence electrons. The molecule has 0 aromatic rings. The molecule has 0 spiro atoms. The van der Waals surface area contributed by atoms with Crippen LogP contribution in [0.3, 0.4) is 0 Å². The highest BCUT2D eigenvalue weighted by Crippen LogP contribution is 1.99. The van der Waals surface area contributed by atoms with E-state index in [1.807, 2.05) is 0 Å². The van der Waals surface area contributed by atoms with Crippen LogP contribution in [0.1, 0.15) is 0 Å². The minimum atomic E-state index is 1.08. The zero-order valence-corrected chi connectivity index (χ0v) is 4.27. The SMILES string of the molecule is C1=CC=C=NSN=1. The van der Waals surface area contributed by atoms with Crippen LogP contribution in [0.5, 0.6) is 0 Å². The van der Waals surface area contributed by atoms with Crippen LogP contribution >= 0.6 is 12.1 Å². The number of allylic oxidation sites excluding steroid dienone is 2. The predicted molar refractivity (Wildman–Crippen MR) is 31.6 cm³/mol. The van der Waals surface area contributed by atoms with Gasteiger partial charge in [0.25, 0.3) is 0 Å². The molecule has 0 radical (unpaired) electrons. The van der Waals surface area contributed by atoms with E-state index in [2.05, 4.69) is 20.5 Å². The maximum atomic E-state index is 3.62. The Morgan fingerprint density at radius 1 is 1.14 bits per heavy atom. The smallest absolute Gasteiger partial charge is 0.133 e. The second kappa shape index (κ2) is 2.43. The largest absolute Gasteiger partial charge is 0.148 e. The third kappa shape index (κ3) is 1.42. The Labute approximate surface area is 45.6 Å². The second-order valence-electron chi connectivity index (χ2n) is 0.856. The molecule has 0 saturated carbocycles. The van der Waals surface area contributed by atoms with Crippen molar-refractivity contribution in [3.8, 4) is 0 Å². The summed E-state index contributed by atoms with van der Waals surface area (Å²) in [5.74, 6) is 5.20. The molecule has 1 rings (SSSR count). The molecule has 1 heterocycles. The lowest BCUT2D eigenvalue weighted by atomic mass is 10.6. The van der Waals surface area contributed by atoms with Crippen molar-refractivity contribution >= 4 is 23.9 Å². The van der Waals surface area contributed by atoms with Gasteiger partial charge in [-0.05, 0) is 11.7 Å². The maximum absolute atomic E-state index is 3.62. The van der Waals surface area contributed by atoms with E-state index >= 15 is 0 Å². The van der Waals surface area contributed by atoms with E-state index < -0.39 is 0 Å². The summed E-state index contributed by atoms with van der Waals surface area (Å²) in [5, 5.41) is 0. The fourth-order valence-electron chi connectivity index (χ4n) is 0.203. The van der Waals surface area contributed by atoms with Gasteiger partial charge in [0.05, 0.1) is 0 Å². The summed E-state index contributed by atoms with van der Waals surface area (Å²) in [4.78, 5) is 0. The third-order valence-electron chi connectivity index (χ3n) is 0.419. The normalized spacial score (nSPS) is 14.9. The average molecular weight is 110 g/mol. The molecule has 0 aromatic carbocycles. The highest BCUT2D eigenvalue weighted by Gasteiger charge is 1.68. The lowest BCUT2D eigenvalue weighted by Crippen LogP contribution is -1.43. The quantitative estimate of drug-likeness (QED) is 0.427. The standard InChI is InChI=1S/C4H2N2S/c1-2-4-6-7-5-3-1/h1-2H. The fourth-order valence-corrected chi connectivity index (χ4v) is 0.460. The van der Waals surface area contributed by atoms with E-state index in [1.165, 1.54) is 0 Å². The van der Waals surface area contributed by atoms with Crippen LogP contribution in [0.15, 0.2) is 20.9 Å². The number of hydrogen-bond acceptors (Lipinski definition) is 3. The third-order valence-corrected chi connectivity index (χ3v) is 0.794. The maximum Gasteiger partial charge on any atom is 0.133 e. The first-order valence-electron chi connectivity index (χ1n) is 1.72. The summed E-state index contributed by atoms with van der Waals surface area (Å²) in [7, 11) is 0. The lowest BCUT2D eigenvalue weighted by Gasteiger charge is -1.63. The van der Waals surface area contributed by atoms with Gasteiger partial charge in [-0.25, -0.2) is 0 Å². The summed E-state index contributed by atoms with van der Waals surface area (Å²) in [6.07, 6.45) is 3.31. The van der Waals surface area contributed by atoms with E-state index in [-0.39, 0.29) is 0 Å². The molecule has 0 aromatic heterocycles. The van der Waals surface area contributed by atoms with E-state index in [0.29, 0.717) is 0 Å². The summed E-state index contributed by atoms with van der Waals surface area (Å²) in [5.41, 5.74) is 0. The molecule has 0 bridgehead atoms. The molecule has 3 heteroatoms. The Kier molecular flexibility index (Phi) is 1.53. The van der Waals surface area contributed by atoms with Gasteiger partial charge in [-0.1, -0.05) is 0 Å². The van der Waals surface area contributed by atoms with E-state index in [0.717, 1.165) is 12.1 Å². The van der Waals surface area contributed by atoms with Crippen molar-refractivity contribution in [2.45, 2.75) is 0 Å². The fraction of sp³-hybridized carbons (Fsp3) is 0. The highest BCUT2D eigenvalue weighted by molar-refractivity contribution is 7.96. The summed E-state index contributed by atoms with van der Waals surface area (Å²) < 4.78 is 7.24. The molecule has 0 atom stereocenters. The average Bonchev–Trinajstić information content (AvgIpc) is 1.90. The van der Waals surface area contributed by atoms with E-state index in [9.17, 15) is 0 Å². The number of hydrogen-bond donors (Lipinski definition) is 0. The molecule has 7 heavy (non-hydrogen) atoms. The summed E-state index contributed by atoms with van der Waals surface area (Å²) in [6, 6.07) is 0. The van der Waals surface area contributed by atoms with Gasteiger partial charge in [0.15, 0.2) is 0 Å². The molecule has 0 fully saturated rings. The van der Waals surface area contributed by atoms with Crippen LogP contribution in [0.25, 0.3) is 0 Å². The minimum Gasteiger partial charge on any atom is -0.148 e. The predicted octanol–water partition coefficient (Wildman–Crippen LogP) is 1.02. The van der Waals surface area contributed by atoms with Crippen LogP contribution in [0, 0.1) is 0 Å². The molecule has 0 aliphatic carbocycles. The van der Waals surface area contributed by atoms with Crippen molar-refractivity contribution in [3.05, 3.63) is 12.2 Å². The van der Waals surface area contributed by atoms with Gasteiger partial charge >= 0.3 is 0 Å². The van der Waals surface area contributed by atoms with E-state index in [4.69, 9.17) is 0 Å². The molecule has 1 aliphatic heterocycles. The van der Waals surface area contributed by atoms with Crippen LogP contribution in [0.2, 0.25) is 0 Å². The van der Waals surface area contributed by atoms with Gasteiger partial charge in [0.2, 0.25) is 0 Å². The van der Waals surface area contributed by atoms with Crippen LogP contribution in [-0.4, -0.2) is 11.7 Å². The molecule has 0 N–H and O–H groups in total. The van der Waals surface area contributed by atoms with Crippen molar-refractivity contribution in [1.82, 2.24) is 0 Å². The highest BCUT2D eigenvalue weighted by atomic mass is 32.2. The molecule has 0 unspecified atom stereocenters. The van der Waals surface area contributed by atoms with Gasteiger partial charge in [0, 0.05) is 12.2 Å². The molecule has 2 nitrogen and oxygen atoms in total. The molecule has 1 aliphatic rings. The molecular formula is C4H2N2S. The Bertz CT molecular complexity index is 150. The van der Waals surface area contributed by atoms with Crippen LogP contribution in [0.4, 0.5) is 0 Å². The lowest BCUT2D eigenvalue weighted by molar-refractivity contribution is 1.91. The molecule has 0 amide bonds. The Morgan fingerprint density at radius 3 is 2.29 bits per heavy atom. The van der Waals surface area contributed by atoms with E-state index in [1.54, 1.807) is 12.2 Å². The van der Waals surface area contributed by atoms with Crippen molar-refractivity contribution in [1.29, 1.82) is 0 Å². The van der Waals surface area contributed by atoms with Gasteiger partial charge in [0.1, 0.15) is 12.1 Å². The first kappa shape index (κ1) is 4.41. The zero-order chi connectivity index (χ0) is 4.95. The number of rotatable bonds is 0. The minimum absolute atomic E-state index is 1.08. The van der Waals surface area contributed by atoms with Crippen molar-refractivity contribution in [2.75, 3.05) is 0 Å². The van der Waals surface area contributed by atoms with Crippen molar-refractivity contribution in [3.63, 3.8) is 0 Å². The van der Waals surface area contributed by atoms with Gasteiger partial charge in [-0.3, -0.25) is 0 Å². The second-order valence-corrected chi connectivity index (χ2v) is 1.38. The number of nitrogens with zero attached hydrogens (tertiary/aromatic N) is 2. The first-order valence-corrected chi connectivity index (χ1v) is 2.45. The topological polar surface area (TPSA) is 24.7 Å². The summed E-state index contributed by atoms with van der Waals surface area (Å²) in [6.45, 7) is 0. The zero-order valence-electron chi connectivity index (χ0n) is 3.46. The van der Waals surface area contributed by atoms with Crippen molar-refractivity contribution in [2.24, 2.45) is 8.80 Å². The Hall–Kier alpha value is -0.750. The van der Waals surface area contributed by atoms with Crippen molar-refractivity contribution < 1.29 is 0 Å². The van der Waals surface area contributed by atoms with Crippen LogP contribution in [-0.2, 0) is 0 Å². The van der Waals surface area contributed by atoms with Gasteiger partial charge in [-0.15, -0.1) is 8.80 Å². The Balaban J connectivity index is 2.86. The van der Waals surface area contributed by atoms with Gasteiger partial charge < -0.3 is 0 Å². The van der Waals surface area contributed by atoms with Gasteiger partial charge in [-0.2, -0.15) is 0 Å². The Morgan fingerprint density at radius 2 is 1.71 bits per heavy atom. The first-order chi connectivity index (χ1) is 3.50. The summed E-state index contributed by atoms with van der Waals surface area (Å²) >= 11 is 1.08.